The van der Waals surface area contributed by atoms with E-state index in [0.29, 0.717) is 6.54 Å². The number of nitrogens with one attached hydrogen (secondary N) is 1. The molecule has 0 aliphatic rings. The molecule has 1 atom stereocenters. The van der Waals surface area contributed by atoms with Crippen LogP contribution >= 0.6 is 0 Å². The first-order valence-electron chi connectivity index (χ1n) is 4.40. The molecule has 1 amide bonds. The Labute approximate surface area is 81.8 Å². The van der Waals surface area contributed by atoms with Crippen LogP contribution in [0.2, 0.25) is 0 Å². The minimum absolute atomic E-state index is 0.00905. The second-order valence-corrected chi connectivity index (χ2v) is 3.00. The van der Waals surface area contributed by atoms with Gasteiger partial charge in [0.1, 0.15) is 6.61 Å². The van der Waals surface area contributed by atoms with Crippen molar-refractivity contribution in [2.24, 2.45) is 5.73 Å². The van der Waals surface area contributed by atoms with Crippen molar-refractivity contribution in [3.8, 4) is 0 Å². The van der Waals surface area contributed by atoms with Crippen LogP contribution in [-0.2, 0) is 9.53 Å². The molecule has 0 aromatic rings. The fourth-order valence-electron chi connectivity index (χ4n) is 0.700. The first-order chi connectivity index (χ1) is 6.52. The fraction of sp³-hybridized carbons (Fsp3) is 0.875. The van der Waals surface area contributed by atoms with E-state index >= 15 is 0 Å². The van der Waals surface area contributed by atoms with Crippen LogP contribution in [0.1, 0.15) is 13.3 Å². The average molecular weight is 210 g/mol. The van der Waals surface area contributed by atoms with Gasteiger partial charge in [-0.15, -0.1) is 0 Å². The molecule has 6 heteroatoms. The number of nitrogens with two attached hydrogens (primary N) is 1. The van der Waals surface area contributed by atoms with E-state index in [9.17, 15) is 13.6 Å². The van der Waals surface area contributed by atoms with Gasteiger partial charge in [0.15, 0.2) is 0 Å². The van der Waals surface area contributed by atoms with Gasteiger partial charge in [0.05, 0.1) is 6.61 Å². The summed E-state index contributed by atoms with van der Waals surface area (Å²) in [4.78, 5) is 11.0. The van der Waals surface area contributed by atoms with Gasteiger partial charge in [-0.1, -0.05) is 0 Å². The van der Waals surface area contributed by atoms with E-state index in [1.165, 1.54) is 0 Å². The molecule has 0 rings (SSSR count). The molecule has 0 heterocycles. The van der Waals surface area contributed by atoms with Crippen molar-refractivity contribution in [1.29, 1.82) is 0 Å². The topological polar surface area (TPSA) is 64.3 Å². The predicted octanol–water partition coefficient (Wildman–Crippen LogP) is 0.122. The van der Waals surface area contributed by atoms with Crippen molar-refractivity contribution in [2.75, 3.05) is 19.8 Å². The lowest BCUT2D eigenvalue weighted by atomic mass is 10.3. The van der Waals surface area contributed by atoms with E-state index in [1.54, 1.807) is 6.92 Å². The van der Waals surface area contributed by atoms with Gasteiger partial charge in [-0.05, 0) is 6.92 Å². The molecule has 0 spiro atoms. The molecule has 14 heavy (non-hydrogen) atoms. The highest BCUT2D eigenvalue weighted by Crippen LogP contribution is 1.93. The van der Waals surface area contributed by atoms with Crippen molar-refractivity contribution in [3.05, 3.63) is 0 Å². The Hall–Kier alpha value is -0.750. The summed E-state index contributed by atoms with van der Waals surface area (Å²) in [6.45, 7) is 1.52. The normalized spacial score (nSPS) is 12.9. The molecule has 1 unspecified atom stereocenters. The second-order valence-electron chi connectivity index (χ2n) is 3.00. The van der Waals surface area contributed by atoms with Crippen molar-refractivity contribution < 1.29 is 18.3 Å². The van der Waals surface area contributed by atoms with Crippen LogP contribution in [-0.4, -0.2) is 38.1 Å². The predicted molar refractivity (Wildman–Crippen MR) is 48.1 cm³/mol. The van der Waals surface area contributed by atoms with Gasteiger partial charge in [0, 0.05) is 19.0 Å². The largest absolute Gasteiger partial charge is 0.375 e. The van der Waals surface area contributed by atoms with Crippen LogP contribution in [0, 0.1) is 0 Å². The van der Waals surface area contributed by atoms with E-state index in [4.69, 9.17) is 5.73 Å². The van der Waals surface area contributed by atoms with Crippen LogP contribution in [0.3, 0.4) is 0 Å². The SMILES string of the molecule is CC(N)CNC(=O)CCOCC(F)F. The van der Waals surface area contributed by atoms with Gasteiger partial charge in [0.25, 0.3) is 6.43 Å². The standard InChI is InChI=1S/C8H16F2N2O2/c1-6(11)4-12-8(13)2-3-14-5-7(9)10/h6-7H,2-5,11H2,1H3,(H,12,13). The van der Waals surface area contributed by atoms with Crippen LogP contribution in [0.4, 0.5) is 8.78 Å². The minimum atomic E-state index is -2.48. The Balaban J connectivity index is 3.27. The zero-order valence-electron chi connectivity index (χ0n) is 8.13. The number of carbonyl (C=O) groups excluding carboxylic acids is 1. The maximum absolute atomic E-state index is 11.6. The fourth-order valence-corrected chi connectivity index (χ4v) is 0.700. The number of hydrogen-bond acceptors (Lipinski definition) is 3. The van der Waals surface area contributed by atoms with Gasteiger partial charge in [-0.3, -0.25) is 4.79 Å². The van der Waals surface area contributed by atoms with Crippen molar-refractivity contribution in [3.63, 3.8) is 0 Å². The molecule has 0 aromatic carbocycles. The number of halogens is 2. The highest BCUT2D eigenvalue weighted by atomic mass is 19.3. The summed E-state index contributed by atoms with van der Waals surface area (Å²) in [5, 5.41) is 2.54. The second kappa shape index (κ2) is 7.64. The van der Waals surface area contributed by atoms with Gasteiger partial charge >= 0.3 is 0 Å². The molecular formula is C8H16F2N2O2. The number of ether oxygens (including phenoxy) is 1. The maximum atomic E-state index is 11.6. The Morgan fingerprint density at radius 3 is 2.71 bits per heavy atom. The first-order valence-corrected chi connectivity index (χ1v) is 4.40. The van der Waals surface area contributed by atoms with Gasteiger partial charge in [-0.2, -0.15) is 0 Å². The monoisotopic (exact) mass is 210 g/mol. The Bertz CT molecular complexity index is 165. The van der Waals surface area contributed by atoms with Gasteiger partial charge in [-0.25, -0.2) is 8.78 Å². The summed E-state index contributed by atoms with van der Waals surface area (Å²) in [6, 6.07) is -0.110. The summed E-state index contributed by atoms with van der Waals surface area (Å²) in [5.74, 6) is -0.239. The van der Waals surface area contributed by atoms with E-state index in [-0.39, 0.29) is 25.0 Å². The van der Waals surface area contributed by atoms with Crippen LogP contribution in [0.5, 0.6) is 0 Å². The first kappa shape index (κ1) is 13.2. The quantitative estimate of drug-likeness (QED) is 0.587. The van der Waals surface area contributed by atoms with Crippen molar-refractivity contribution >= 4 is 5.91 Å². The molecular weight excluding hydrogens is 194 g/mol. The van der Waals surface area contributed by atoms with Crippen molar-refractivity contribution in [1.82, 2.24) is 5.32 Å². The van der Waals surface area contributed by atoms with Crippen LogP contribution in [0.25, 0.3) is 0 Å². The summed E-state index contributed by atoms with van der Waals surface area (Å²) < 4.78 is 27.7. The molecule has 4 nitrogen and oxygen atoms in total. The number of hydrogen-bond donors (Lipinski definition) is 2. The lowest BCUT2D eigenvalue weighted by Crippen LogP contribution is -2.35. The third-order valence-electron chi connectivity index (χ3n) is 1.34. The summed E-state index contributed by atoms with van der Waals surface area (Å²) in [5.41, 5.74) is 5.39. The van der Waals surface area contributed by atoms with E-state index < -0.39 is 13.0 Å². The number of rotatable bonds is 7. The molecule has 84 valence electrons. The van der Waals surface area contributed by atoms with Gasteiger partial charge < -0.3 is 15.8 Å². The third kappa shape index (κ3) is 9.34. The molecule has 0 aliphatic heterocycles. The number of amides is 1. The lowest BCUT2D eigenvalue weighted by molar-refractivity contribution is -0.122. The molecule has 0 aromatic heterocycles. The molecule has 0 fully saturated rings. The Morgan fingerprint density at radius 2 is 2.21 bits per heavy atom. The van der Waals surface area contributed by atoms with Crippen molar-refractivity contribution in [2.45, 2.75) is 25.8 Å². The Kier molecular flexibility index (Phi) is 7.23. The third-order valence-corrected chi connectivity index (χ3v) is 1.34. The highest BCUT2D eigenvalue weighted by Gasteiger charge is 2.04. The van der Waals surface area contributed by atoms with E-state index in [0.717, 1.165) is 0 Å². The summed E-state index contributed by atoms with van der Waals surface area (Å²) >= 11 is 0. The lowest BCUT2D eigenvalue weighted by Gasteiger charge is -2.07. The summed E-state index contributed by atoms with van der Waals surface area (Å²) in [6.07, 6.45) is -2.40. The van der Waals surface area contributed by atoms with E-state index in [2.05, 4.69) is 10.1 Å². The number of carbonyl (C=O) groups is 1. The van der Waals surface area contributed by atoms with Crippen LogP contribution in [0.15, 0.2) is 0 Å². The number of alkyl halides is 2. The molecule has 0 saturated carbocycles. The minimum Gasteiger partial charge on any atom is -0.375 e. The molecule has 0 aliphatic carbocycles. The smallest absolute Gasteiger partial charge is 0.261 e. The van der Waals surface area contributed by atoms with Crippen LogP contribution < -0.4 is 11.1 Å². The zero-order chi connectivity index (χ0) is 11.0. The average Bonchev–Trinajstić information content (AvgIpc) is 2.08. The molecule has 0 saturated heterocycles. The Morgan fingerprint density at radius 1 is 1.57 bits per heavy atom. The zero-order valence-corrected chi connectivity index (χ0v) is 8.13. The van der Waals surface area contributed by atoms with Gasteiger partial charge in [0.2, 0.25) is 5.91 Å². The van der Waals surface area contributed by atoms with E-state index in [1.807, 2.05) is 0 Å². The maximum Gasteiger partial charge on any atom is 0.261 e. The molecule has 0 radical (unpaired) electrons. The molecule has 3 N–H and O–H groups in total. The molecule has 0 bridgehead atoms. The summed E-state index contributed by atoms with van der Waals surface area (Å²) in [7, 11) is 0. The highest BCUT2D eigenvalue weighted by molar-refractivity contribution is 5.75.